The number of aromatic nitrogens is 2. The van der Waals surface area contributed by atoms with Crippen LogP contribution in [0.15, 0.2) is 30.3 Å². The normalized spacial score (nSPS) is 11.3. The van der Waals surface area contributed by atoms with Gasteiger partial charge in [0.15, 0.2) is 5.69 Å². The van der Waals surface area contributed by atoms with Crippen LogP contribution in [0.4, 0.5) is 0 Å². The first-order chi connectivity index (χ1) is 7.24. The van der Waals surface area contributed by atoms with Crippen molar-refractivity contribution in [3.63, 3.8) is 0 Å². The minimum absolute atomic E-state index is 0.0868. The molecule has 0 bridgehead atoms. The fourth-order valence-corrected chi connectivity index (χ4v) is 1.50. The molecule has 0 radical (unpaired) electrons. The van der Waals surface area contributed by atoms with Crippen LogP contribution in [0, 0.1) is 0 Å². The van der Waals surface area contributed by atoms with Crippen molar-refractivity contribution in [2.75, 3.05) is 0 Å². The van der Waals surface area contributed by atoms with E-state index < -0.39 is 5.97 Å². The summed E-state index contributed by atoms with van der Waals surface area (Å²) in [6.45, 7) is 1.86. The summed E-state index contributed by atoms with van der Waals surface area (Å²) in [5, 5.41) is 13.6. The number of carboxylic acids is 1. The lowest BCUT2D eigenvalue weighted by atomic mass is 10.2. The molecular weight excluding hydrogens is 192 g/mol. The molecular formula is C11H10N2O2. The van der Waals surface area contributed by atoms with Gasteiger partial charge < -0.3 is 5.11 Å². The lowest BCUT2D eigenvalue weighted by Gasteiger charge is -1.92. The smallest absolute Gasteiger partial charge is 0.357 e. The third-order valence-electron chi connectivity index (χ3n) is 2.11. The number of allylic oxidation sites excluding steroid dienone is 1. The quantitative estimate of drug-likeness (QED) is 0.812. The van der Waals surface area contributed by atoms with Crippen LogP contribution in [-0.4, -0.2) is 20.9 Å². The third-order valence-corrected chi connectivity index (χ3v) is 2.11. The molecule has 0 spiro atoms. The molecule has 2 rings (SSSR count). The van der Waals surface area contributed by atoms with Gasteiger partial charge in [-0.05, 0) is 13.0 Å². The molecule has 1 heterocycles. The molecule has 0 aliphatic heterocycles. The van der Waals surface area contributed by atoms with Crippen LogP contribution in [0.25, 0.3) is 17.1 Å². The van der Waals surface area contributed by atoms with E-state index in [1.165, 1.54) is 0 Å². The van der Waals surface area contributed by atoms with Crippen molar-refractivity contribution in [3.05, 3.63) is 36.0 Å². The van der Waals surface area contributed by atoms with Gasteiger partial charge in [0, 0.05) is 11.6 Å². The van der Waals surface area contributed by atoms with Crippen molar-refractivity contribution < 1.29 is 9.90 Å². The summed E-state index contributed by atoms with van der Waals surface area (Å²) < 4.78 is 1.57. The lowest BCUT2D eigenvalue weighted by Crippen LogP contribution is -1.98. The molecule has 0 saturated heterocycles. The van der Waals surface area contributed by atoms with E-state index in [0.29, 0.717) is 5.39 Å². The van der Waals surface area contributed by atoms with E-state index in [4.69, 9.17) is 5.11 Å². The Morgan fingerprint density at radius 2 is 2.20 bits per heavy atom. The molecule has 1 N–H and O–H groups in total. The number of carbonyl (C=O) groups is 1. The Bertz CT molecular complexity index is 541. The van der Waals surface area contributed by atoms with E-state index in [-0.39, 0.29) is 5.69 Å². The molecule has 76 valence electrons. The van der Waals surface area contributed by atoms with Crippen LogP contribution in [0.2, 0.25) is 0 Å². The summed E-state index contributed by atoms with van der Waals surface area (Å²) in [6.07, 6.45) is 3.54. The number of fused-ring (bicyclic) bond motifs is 1. The van der Waals surface area contributed by atoms with Gasteiger partial charge in [0.1, 0.15) is 0 Å². The van der Waals surface area contributed by atoms with Gasteiger partial charge in [0.25, 0.3) is 0 Å². The fourth-order valence-electron chi connectivity index (χ4n) is 1.50. The molecule has 1 aromatic carbocycles. The summed E-state index contributed by atoms with van der Waals surface area (Å²) in [5.41, 5.74) is 0.886. The number of aromatic carboxylic acids is 1. The highest BCUT2D eigenvalue weighted by Gasteiger charge is 2.14. The zero-order valence-corrected chi connectivity index (χ0v) is 8.21. The van der Waals surface area contributed by atoms with Crippen molar-refractivity contribution in [1.29, 1.82) is 0 Å². The molecule has 2 aromatic rings. The predicted molar refractivity (Wildman–Crippen MR) is 57.7 cm³/mol. The van der Waals surface area contributed by atoms with Gasteiger partial charge in [-0.1, -0.05) is 24.3 Å². The largest absolute Gasteiger partial charge is 0.476 e. The lowest BCUT2D eigenvalue weighted by molar-refractivity contribution is 0.0692. The molecule has 1 aromatic heterocycles. The maximum Gasteiger partial charge on any atom is 0.357 e. The van der Waals surface area contributed by atoms with Crippen LogP contribution < -0.4 is 0 Å². The second-order valence-electron chi connectivity index (χ2n) is 3.10. The zero-order valence-electron chi connectivity index (χ0n) is 8.21. The van der Waals surface area contributed by atoms with Gasteiger partial charge in [-0.15, -0.1) is 0 Å². The van der Waals surface area contributed by atoms with Crippen LogP contribution in [0.3, 0.4) is 0 Å². The number of para-hydroxylation sites is 1. The molecule has 0 fully saturated rings. The summed E-state index contributed by atoms with van der Waals surface area (Å²) in [4.78, 5) is 10.9. The standard InChI is InChI=1S/C11H10N2O2/c1-2-7-13-9-6-4-3-5-8(9)10(12-13)11(14)15/h2-7H,1H3,(H,14,15). The Balaban J connectivity index is 2.79. The number of hydrogen-bond donors (Lipinski definition) is 1. The number of carboxylic acid groups (broad SMARTS) is 1. The second-order valence-corrected chi connectivity index (χ2v) is 3.10. The predicted octanol–water partition coefficient (Wildman–Crippen LogP) is 2.23. The molecule has 0 saturated carbocycles. The summed E-state index contributed by atoms with van der Waals surface area (Å²) in [6, 6.07) is 7.26. The van der Waals surface area contributed by atoms with Gasteiger partial charge >= 0.3 is 5.97 Å². The Labute approximate surface area is 86.4 Å². The van der Waals surface area contributed by atoms with E-state index in [1.54, 1.807) is 23.0 Å². The first-order valence-electron chi connectivity index (χ1n) is 4.57. The molecule has 15 heavy (non-hydrogen) atoms. The topological polar surface area (TPSA) is 55.1 Å². The minimum atomic E-state index is -1.01. The van der Waals surface area contributed by atoms with Crippen LogP contribution in [0.1, 0.15) is 17.4 Å². The number of hydrogen-bond acceptors (Lipinski definition) is 2. The van der Waals surface area contributed by atoms with Gasteiger partial charge in [-0.25, -0.2) is 9.48 Å². The first-order valence-corrected chi connectivity index (χ1v) is 4.57. The van der Waals surface area contributed by atoms with Crippen molar-refractivity contribution in [2.45, 2.75) is 6.92 Å². The Kier molecular flexibility index (Phi) is 2.25. The maximum absolute atomic E-state index is 10.9. The van der Waals surface area contributed by atoms with E-state index in [1.807, 2.05) is 25.1 Å². The number of nitrogens with zero attached hydrogens (tertiary/aromatic N) is 2. The van der Waals surface area contributed by atoms with E-state index >= 15 is 0 Å². The van der Waals surface area contributed by atoms with Crippen molar-refractivity contribution in [2.24, 2.45) is 0 Å². The Hall–Kier alpha value is -2.10. The number of benzene rings is 1. The van der Waals surface area contributed by atoms with E-state index in [0.717, 1.165) is 5.52 Å². The van der Waals surface area contributed by atoms with Crippen molar-refractivity contribution >= 4 is 23.1 Å². The van der Waals surface area contributed by atoms with Crippen LogP contribution >= 0.6 is 0 Å². The van der Waals surface area contributed by atoms with Crippen molar-refractivity contribution in [3.8, 4) is 0 Å². The SMILES string of the molecule is CC=Cn1nc(C(=O)O)c2ccccc21. The monoisotopic (exact) mass is 202 g/mol. The fraction of sp³-hybridized carbons (Fsp3) is 0.0909. The molecule has 4 nitrogen and oxygen atoms in total. The molecule has 0 unspecified atom stereocenters. The zero-order chi connectivity index (χ0) is 10.8. The number of rotatable bonds is 2. The van der Waals surface area contributed by atoms with Gasteiger partial charge in [0.2, 0.25) is 0 Å². The molecule has 0 atom stereocenters. The summed E-state index contributed by atoms with van der Waals surface area (Å²) >= 11 is 0. The minimum Gasteiger partial charge on any atom is -0.476 e. The average Bonchev–Trinajstić information content (AvgIpc) is 2.59. The van der Waals surface area contributed by atoms with E-state index in [2.05, 4.69) is 5.10 Å². The van der Waals surface area contributed by atoms with Gasteiger partial charge in [-0.2, -0.15) is 5.10 Å². The van der Waals surface area contributed by atoms with Crippen LogP contribution in [-0.2, 0) is 0 Å². The summed E-state index contributed by atoms with van der Waals surface area (Å²) in [5.74, 6) is -1.01. The van der Waals surface area contributed by atoms with Crippen molar-refractivity contribution in [1.82, 2.24) is 9.78 Å². The highest BCUT2D eigenvalue weighted by molar-refractivity contribution is 6.01. The first kappa shape index (κ1) is 9.45. The molecule has 0 aliphatic rings. The highest BCUT2D eigenvalue weighted by atomic mass is 16.4. The Morgan fingerprint density at radius 1 is 1.47 bits per heavy atom. The van der Waals surface area contributed by atoms with Gasteiger partial charge in [0.05, 0.1) is 5.52 Å². The molecule has 0 aliphatic carbocycles. The maximum atomic E-state index is 10.9. The second kappa shape index (κ2) is 3.57. The average molecular weight is 202 g/mol. The molecule has 0 amide bonds. The van der Waals surface area contributed by atoms with Crippen LogP contribution in [0.5, 0.6) is 0 Å². The summed E-state index contributed by atoms with van der Waals surface area (Å²) in [7, 11) is 0. The Morgan fingerprint density at radius 3 is 2.87 bits per heavy atom. The van der Waals surface area contributed by atoms with E-state index in [9.17, 15) is 4.79 Å². The highest BCUT2D eigenvalue weighted by Crippen LogP contribution is 2.18. The molecule has 4 heteroatoms. The third kappa shape index (κ3) is 1.50. The van der Waals surface area contributed by atoms with Gasteiger partial charge in [-0.3, -0.25) is 0 Å².